The standard InChI is InChI=1S/C12H21NO3/c1-10-2-4-12(5-3-10,11(14)15)13-6-8-16-9-7-13/h10H,2-9H2,1H3,(H,14,15). The molecule has 0 spiro atoms. The summed E-state index contributed by atoms with van der Waals surface area (Å²) in [7, 11) is 0. The number of aliphatic carboxylic acids is 1. The first kappa shape index (κ1) is 11.9. The molecule has 0 bridgehead atoms. The van der Waals surface area contributed by atoms with Crippen molar-refractivity contribution in [3.05, 3.63) is 0 Å². The number of carbonyl (C=O) groups is 1. The second-order valence-electron chi connectivity index (χ2n) is 5.12. The Bertz CT molecular complexity index is 253. The molecule has 1 saturated carbocycles. The first-order valence-electron chi connectivity index (χ1n) is 6.21. The van der Waals surface area contributed by atoms with Crippen molar-refractivity contribution in [2.45, 2.75) is 38.1 Å². The van der Waals surface area contributed by atoms with Crippen molar-refractivity contribution in [3.63, 3.8) is 0 Å². The van der Waals surface area contributed by atoms with Crippen molar-refractivity contribution < 1.29 is 14.6 Å². The van der Waals surface area contributed by atoms with Crippen LogP contribution in [0.25, 0.3) is 0 Å². The van der Waals surface area contributed by atoms with Crippen LogP contribution in [0.1, 0.15) is 32.6 Å². The van der Waals surface area contributed by atoms with Crippen LogP contribution in [0.15, 0.2) is 0 Å². The normalized spacial score (nSPS) is 37.2. The van der Waals surface area contributed by atoms with E-state index in [4.69, 9.17) is 4.74 Å². The molecule has 1 aliphatic carbocycles. The summed E-state index contributed by atoms with van der Waals surface area (Å²) in [6.07, 6.45) is 3.65. The van der Waals surface area contributed by atoms with E-state index >= 15 is 0 Å². The molecule has 92 valence electrons. The number of carboxylic acid groups (broad SMARTS) is 1. The number of carboxylic acids is 1. The van der Waals surface area contributed by atoms with Gasteiger partial charge in [0, 0.05) is 13.1 Å². The Morgan fingerprint density at radius 2 is 1.88 bits per heavy atom. The van der Waals surface area contributed by atoms with Crippen LogP contribution in [-0.4, -0.2) is 47.8 Å². The van der Waals surface area contributed by atoms with Gasteiger partial charge >= 0.3 is 5.97 Å². The highest BCUT2D eigenvalue weighted by molar-refractivity contribution is 5.79. The Labute approximate surface area is 96.6 Å². The molecule has 0 aromatic carbocycles. The SMILES string of the molecule is CC1CCC(C(=O)O)(N2CCOCC2)CC1. The Hall–Kier alpha value is -0.610. The predicted molar refractivity (Wildman–Crippen MR) is 60.4 cm³/mol. The largest absolute Gasteiger partial charge is 0.480 e. The van der Waals surface area contributed by atoms with Crippen LogP contribution in [0, 0.1) is 5.92 Å². The summed E-state index contributed by atoms with van der Waals surface area (Å²) in [4.78, 5) is 13.7. The molecule has 0 radical (unpaired) electrons. The number of nitrogens with zero attached hydrogens (tertiary/aromatic N) is 1. The Balaban J connectivity index is 2.11. The summed E-state index contributed by atoms with van der Waals surface area (Å²) in [6, 6.07) is 0. The third-order valence-corrected chi connectivity index (χ3v) is 4.12. The van der Waals surface area contributed by atoms with E-state index in [1.165, 1.54) is 0 Å². The molecule has 0 amide bonds. The smallest absolute Gasteiger partial charge is 0.324 e. The van der Waals surface area contributed by atoms with E-state index < -0.39 is 11.5 Å². The van der Waals surface area contributed by atoms with E-state index in [2.05, 4.69) is 11.8 Å². The van der Waals surface area contributed by atoms with E-state index in [1.54, 1.807) is 0 Å². The van der Waals surface area contributed by atoms with Gasteiger partial charge in [0.2, 0.25) is 0 Å². The summed E-state index contributed by atoms with van der Waals surface area (Å²) >= 11 is 0. The van der Waals surface area contributed by atoms with E-state index in [-0.39, 0.29) is 0 Å². The maximum atomic E-state index is 11.6. The van der Waals surface area contributed by atoms with Gasteiger partial charge in [-0.05, 0) is 31.6 Å². The number of morpholine rings is 1. The molecule has 2 rings (SSSR count). The molecule has 0 aromatic heterocycles. The van der Waals surface area contributed by atoms with Crippen LogP contribution in [0.3, 0.4) is 0 Å². The van der Waals surface area contributed by atoms with Gasteiger partial charge in [-0.3, -0.25) is 9.69 Å². The monoisotopic (exact) mass is 227 g/mol. The average molecular weight is 227 g/mol. The second kappa shape index (κ2) is 4.72. The molecule has 0 atom stereocenters. The average Bonchev–Trinajstić information content (AvgIpc) is 2.31. The van der Waals surface area contributed by atoms with E-state index in [9.17, 15) is 9.90 Å². The number of ether oxygens (including phenoxy) is 1. The fourth-order valence-electron chi connectivity index (χ4n) is 2.90. The first-order chi connectivity index (χ1) is 7.65. The van der Waals surface area contributed by atoms with Crippen LogP contribution in [0.5, 0.6) is 0 Å². The number of hydrogen-bond acceptors (Lipinski definition) is 3. The molecule has 1 heterocycles. The zero-order valence-electron chi connectivity index (χ0n) is 9.95. The van der Waals surface area contributed by atoms with Gasteiger partial charge in [-0.25, -0.2) is 0 Å². The van der Waals surface area contributed by atoms with Crippen molar-refractivity contribution in [1.82, 2.24) is 4.90 Å². The van der Waals surface area contributed by atoms with Crippen molar-refractivity contribution in [1.29, 1.82) is 0 Å². The van der Waals surface area contributed by atoms with Crippen LogP contribution in [0.4, 0.5) is 0 Å². The minimum atomic E-state index is -0.638. The summed E-state index contributed by atoms with van der Waals surface area (Å²) in [6.45, 7) is 5.08. The van der Waals surface area contributed by atoms with E-state index in [1.807, 2.05) is 0 Å². The molecule has 16 heavy (non-hydrogen) atoms. The molecule has 1 aliphatic heterocycles. The van der Waals surface area contributed by atoms with Crippen molar-refractivity contribution in [2.75, 3.05) is 26.3 Å². The van der Waals surface area contributed by atoms with Crippen molar-refractivity contribution in [2.24, 2.45) is 5.92 Å². The third kappa shape index (κ3) is 2.09. The summed E-state index contributed by atoms with van der Waals surface area (Å²) < 4.78 is 5.30. The fraction of sp³-hybridized carbons (Fsp3) is 0.917. The zero-order valence-corrected chi connectivity index (χ0v) is 9.95. The molecule has 4 nitrogen and oxygen atoms in total. The second-order valence-corrected chi connectivity index (χ2v) is 5.12. The quantitative estimate of drug-likeness (QED) is 0.773. The number of hydrogen-bond donors (Lipinski definition) is 1. The lowest BCUT2D eigenvalue weighted by molar-refractivity contribution is -0.158. The van der Waals surface area contributed by atoms with Gasteiger partial charge in [0.05, 0.1) is 13.2 Å². The van der Waals surface area contributed by atoms with Crippen LogP contribution < -0.4 is 0 Å². The highest BCUT2D eigenvalue weighted by Crippen LogP contribution is 2.37. The van der Waals surface area contributed by atoms with Gasteiger partial charge in [-0.15, -0.1) is 0 Å². The van der Waals surface area contributed by atoms with E-state index in [0.29, 0.717) is 19.1 Å². The van der Waals surface area contributed by atoms with Crippen molar-refractivity contribution >= 4 is 5.97 Å². The van der Waals surface area contributed by atoms with Gasteiger partial charge in [-0.2, -0.15) is 0 Å². The maximum absolute atomic E-state index is 11.6. The molecule has 0 aromatic rings. The highest BCUT2D eigenvalue weighted by atomic mass is 16.5. The van der Waals surface area contributed by atoms with Gasteiger partial charge in [0.25, 0.3) is 0 Å². The lowest BCUT2D eigenvalue weighted by atomic mass is 9.76. The van der Waals surface area contributed by atoms with Crippen molar-refractivity contribution in [3.8, 4) is 0 Å². The summed E-state index contributed by atoms with van der Waals surface area (Å²) in [5, 5.41) is 9.54. The van der Waals surface area contributed by atoms with Gasteiger partial charge in [-0.1, -0.05) is 6.92 Å². The third-order valence-electron chi connectivity index (χ3n) is 4.12. The number of rotatable bonds is 2. The minimum absolute atomic E-state index is 0.601. The molecule has 1 saturated heterocycles. The summed E-state index contributed by atoms with van der Waals surface area (Å²) in [5.74, 6) is 0.0369. The van der Waals surface area contributed by atoms with E-state index in [0.717, 1.165) is 38.8 Å². The molecule has 4 heteroatoms. The molecular weight excluding hydrogens is 206 g/mol. The maximum Gasteiger partial charge on any atom is 0.324 e. The van der Waals surface area contributed by atoms with Crippen LogP contribution >= 0.6 is 0 Å². The molecule has 2 aliphatic rings. The Kier molecular flexibility index (Phi) is 3.50. The Morgan fingerprint density at radius 1 is 1.31 bits per heavy atom. The van der Waals surface area contributed by atoms with Gasteiger partial charge < -0.3 is 9.84 Å². The molecule has 0 unspecified atom stereocenters. The Morgan fingerprint density at radius 3 is 2.38 bits per heavy atom. The first-order valence-corrected chi connectivity index (χ1v) is 6.21. The van der Waals surface area contributed by atoms with Crippen LogP contribution in [-0.2, 0) is 9.53 Å². The van der Waals surface area contributed by atoms with Gasteiger partial charge in [0.15, 0.2) is 0 Å². The molecule has 1 N–H and O–H groups in total. The fourth-order valence-corrected chi connectivity index (χ4v) is 2.90. The topological polar surface area (TPSA) is 49.8 Å². The lowest BCUT2D eigenvalue weighted by Crippen LogP contribution is -2.59. The molecular formula is C12H21NO3. The highest BCUT2D eigenvalue weighted by Gasteiger charge is 2.46. The van der Waals surface area contributed by atoms with Gasteiger partial charge in [0.1, 0.15) is 5.54 Å². The van der Waals surface area contributed by atoms with Crippen LogP contribution in [0.2, 0.25) is 0 Å². The predicted octanol–water partition coefficient (Wildman–Crippen LogP) is 1.35. The summed E-state index contributed by atoms with van der Waals surface area (Å²) in [5.41, 5.74) is -0.601. The lowest BCUT2D eigenvalue weighted by Gasteiger charge is -2.45. The molecule has 2 fully saturated rings. The zero-order chi connectivity index (χ0) is 11.6. The minimum Gasteiger partial charge on any atom is -0.480 e.